The summed E-state index contributed by atoms with van der Waals surface area (Å²) in [5.74, 6) is -3.65. The largest absolute Gasteiger partial charge is 0.478 e. The van der Waals surface area contributed by atoms with E-state index in [2.05, 4.69) is 0 Å². The first-order chi connectivity index (χ1) is 16.4. The molecule has 0 aromatic heterocycles. The summed E-state index contributed by atoms with van der Waals surface area (Å²) in [6.45, 7) is 0. The van der Waals surface area contributed by atoms with Crippen LogP contribution in [0.5, 0.6) is 0 Å². The number of carbonyl (C=O) groups is 3. The van der Waals surface area contributed by atoms with Gasteiger partial charge in [-0.25, -0.2) is 14.4 Å². The smallest absolute Gasteiger partial charge is 0.339 e. The van der Waals surface area contributed by atoms with E-state index in [1.165, 1.54) is 6.07 Å². The molecule has 0 amide bonds. The summed E-state index contributed by atoms with van der Waals surface area (Å²) in [6.07, 6.45) is 0. The van der Waals surface area contributed by atoms with Crippen LogP contribution in [0.1, 0.15) is 47.8 Å². The van der Waals surface area contributed by atoms with Crippen LogP contribution in [0, 0.1) is 0 Å². The van der Waals surface area contributed by atoms with Gasteiger partial charge in [-0.15, -0.1) is 0 Å². The molecule has 0 saturated heterocycles. The van der Waals surface area contributed by atoms with E-state index in [4.69, 9.17) is 4.74 Å². The molecule has 34 heavy (non-hydrogen) atoms. The van der Waals surface area contributed by atoms with Crippen LogP contribution >= 0.6 is 0 Å². The Morgan fingerprint density at radius 1 is 0.559 bits per heavy atom. The Balaban J connectivity index is 1.91. The highest BCUT2D eigenvalue weighted by molar-refractivity contribution is 6.04. The van der Waals surface area contributed by atoms with Crippen molar-refractivity contribution in [3.05, 3.63) is 143 Å². The number of hydrogen-bond donors (Lipinski definition) is 2. The normalized spacial score (nSPS) is 10.9. The lowest BCUT2D eigenvalue weighted by molar-refractivity contribution is 0.0141. The Hall–Kier alpha value is -4.71. The Labute approximate surface area is 195 Å². The SMILES string of the molecule is O=C(OC(c1ccccc1)(c1ccccc1)c1ccccc1)c1ccc(C(=O)O)c(C(=O)O)c1. The first kappa shape index (κ1) is 22.5. The molecule has 0 saturated carbocycles. The zero-order valence-corrected chi connectivity index (χ0v) is 17.9. The van der Waals surface area contributed by atoms with Crippen LogP contribution < -0.4 is 0 Å². The van der Waals surface area contributed by atoms with Gasteiger partial charge in [0.2, 0.25) is 0 Å². The maximum atomic E-state index is 13.5. The Bertz CT molecular complexity index is 1230. The molecule has 6 heteroatoms. The average Bonchev–Trinajstić information content (AvgIpc) is 2.88. The Kier molecular flexibility index (Phi) is 6.23. The maximum absolute atomic E-state index is 13.5. The molecule has 0 radical (unpaired) electrons. The molecular weight excluding hydrogens is 432 g/mol. The quantitative estimate of drug-likeness (QED) is 0.294. The molecular formula is C28H20O6. The van der Waals surface area contributed by atoms with Crippen LogP contribution in [0.2, 0.25) is 0 Å². The molecule has 4 rings (SSSR count). The minimum absolute atomic E-state index is 0.0745. The molecule has 0 fully saturated rings. The van der Waals surface area contributed by atoms with Crippen LogP contribution in [0.25, 0.3) is 0 Å². The molecule has 0 bridgehead atoms. The highest BCUT2D eigenvalue weighted by Gasteiger charge is 2.41. The topological polar surface area (TPSA) is 101 Å². The van der Waals surface area contributed by atoms with E-state index in [1.54, 1.807) is 0 Å². The number of hydrogen-bond acceptors (Lipinski definition) is 4. The Morgan fingerprint density at radius 3 is 1.35 bits per heavy atom. The summed E-state index contributed by atoms with van der Waals surface area (Å²) < 4.78 is 6.24. The molecule has 6 nitrogen and oxygen atoms in total. The number of benzene rings is 4. The fourth-order valence-corrected chi connectivity index (χ4v) is 3.93. The van der Waals surface area contributed by atoms with Gasteiger partial charge in [-0.3, -0.25) is 0 Å². The van der Waals surface area contributed by atoms with E-state index < -0.39 is 34.6 Å². The van der Waals surface area contributed by atoms with Gasteiger partial charge >= 0.3 is 17.9 Å². The van der Waals surface area contributed by atoms with Crippen LogP contribution in [-0.4, -0.2) is 28.1 Å². The number of ether oxygens (including phenoxy) is 1. The molecule has 0 spiro atoms. The minimum Gasteiger partial charge on any atom is -0.478 e. The van der Waals surface area contributed by atoms with Crippen molar-refractivity contribution in [3.8, 4) is 0 Å². The van der Waals surface area contributed by atoms with Crippen LogP contribution in [0.4, 0.5) is 0 Å². The van der Waals surface area contributed by atoms with Crippen LogP contribution in [-0.2, 0) is 10.3 Å². The first-order valence-corrected chi connectivity index (χ1v) is 10.4. The van der Waals surface area contributed by atoms with E-state index in [0.717, 1.165) is 12.1 Å². The fraction of sp³-hybridized carbons (Fsp3) is 0.0357. The van der Waals surface area contributed by atoms with Gasteiger partial charge in [-0.05, 0) is 18.2 Å². The van der Waals surface area contributed by atoms with Gasteiger partial charge in [0.25, 0.3) is 0 Å². The van der Waals surface area contributed by atoms with Gasteiger partial charge in [0.05, 0.1) is 16.7 Å². The summed E-state index contributed by atoms with van der Waals surface area (Å²) >= 11 is 0. The van der Waals surface area contributed by atoms with Gasteiger partial charge in [0.1, 0.15) is 0 Å². The van der Waals surface area contributed by atoms with E-state index in [-0.39, 0.29) is 5.56 Å². The third-order valence-electron chi connectivity index (χ3n) is 5.50. The summed E-state index contributed by atoms with van der Waals surface area (Å²) in [5, 5.41) is 18.8. The van der Waals surface area contributed by atoms with Gasteiger partial charge < -0.3 is 14.9 Å². The maximum Gasteiger partial charge on any atom is 0.339 e. The lowest BCUT2D eigenvalue weighted by Gasteiger charge is -2.35. The van der Waals surface area contributed by atoms with Gasteiger partial charge in [-0.1, -0.05) is 91.0 Å². The van der Waals surface area contributed by atoms with E-state index >= 15 is 0 Å². The second-order valence-electron chi connectivity index (χ2n) is 7.54. The van der Waals surface area contributed by atoms with Crippen molar-refractivity contribution in [2.45, 2.75) is 5.60 Å². The van der Waals surface area contributed by atoms with Crippen molar-refractivity contribution in [2.75, 3.05) is 0 Å². The van der Waals surface area contributed by atoms with Crippen LogP contribution in [0.15, 0.2) is 109 Å². The standard InChI is InChI=1S/C28H20O6/c29-25(30)23-17-16-19(18-24(23)26(31)32)27(33)34-28(20-10-4-1-5-11-20,21-12-6-2-7-13-21)22-14-8-3-9-15-22/h1-18H,(H,29,30)(H,31,32). The third kappa shape index (κ3) is 4.17. The summed E-state index contributed by atoms with van der Waals surface area (Å²) in [7, 11) is 0. The molecule has 0 heterocycles. The molecule has 0 aliphatic carbocycles. The number of carboxylic acid groups (broad SMARTS) is 2. The summed E-state index contributed by atoms with van der Waals surface area (Å²) in [5.41, 5.74) is -0.231. The fourth-order valence-electron chi connectivity index (χ4n) is 3.93. The second kappa shape index (κ2) is 9.42. The molecule has 0 aliphatic heterocycles. The predicted molar refractivity (Wildman–Crippen MR) is 125 cm³/mol. The van der Waals surface area contributed by atoms with Crippen molar-refractivity contribution >= 4 is 17.9 Å². The van der Waals surface area contributed by atoms with Crippen molar-refractivity contribution < 1.29 is 29.3 Å². The third-order valence-corrected chi connectivity index (χ3v) is 5.50. The number of carbonyl (C=O) groups excluding carboxylic acids is 1. The molecule has 0 aliphatic rings. The van der Waals surface area contributed by atoms with E-state index in [1.807, 2.05) is 91.0 Å². The van der Waals surface area contributed by atoms with E-state index in [9.17, 15) is 24.6 Å². The van der Waals surface area contributed by atoms with Crippen molar-refractivity contribution in [1.29, 1.82) is 0 Å². The van der Waals surface area contributed by atoms with Gasteiger partial charge in [-0.2, -0.15) is 0 Å². The zero-order valence-electron chi connectivity index (χ0n) is 17.9. The number of aromatic carboxylic acids is 2. The highest BCUT2D eigenvalue weighted by Crippen LogP contribution is 2.41. The number of rotatable bonds is 7. The van der Waals surface area contributed by atoms with Crippen molar-refractivity contribution in [1.82, 2.24) is 0 Å². The molecule has 2 N–H and O–H groups in total. The van der Waals surface area contributed by atoms with Crippen molar-refractivity contribution in [2.24, 2.45) is 0 Å². The first-order valence-electron chi connectivity index (χ1n) is 10.4. The van der Waals surface area contributed by atoms with Gasteiger partial charge in [0, 0.05) is 16.7 Å². The summed E-state index contributed by atoms with van der Waals surface area (Å²) in [4.78, 5) is 36.5. The number of esters is 1. The molecule has 4 aromatic carbocycles. The van der Waals surface area contributed by atoms with Crippen LogP contribution in [0.3, 0.4) is 0 Å². The van der Waals surface area contributed by atoms with E-state index in [0.29, 0.717) is 16.7 Å². The predicted octanol–water partition coefficient (Wildman–Crippen LogP) is 5.23. The second-order valence-corrected chi connectivity index (χ2v) is 7.54. The minimum atomic E-state index is -1.45. The lowest BCUT2D eigenvalue weighted by Crippen LogP contribution is -2.35. The molecule has 0 atom stereocenters. The Morgan fingerprint density at radius 2 is 0.971 bits per heavy atom. The lowest BCUT2D eigenvalue weighted by atomic mass is 9.80. The molecule has 4 aromatic rings. The monoisotopic (exact) mass is 452 g/mol. The van der Waals surface area contributed by atoms with Gasteiger partial charge in [0.15, 0.2) is 5.60 Å². The summed E-state index contributed by atoms with van der Waals surface area (Å²) in [6, 6.07) is 31.1. The average molecular weight is 452 g/mol. The highest BCUT2D eigenvalue weighted by atomic mass is 16.6. The molecule has 0 unspecified atom stereocenters. The van der Waals surface area contributed by atoms with Crippen molar-refractivity contribution in [3.63, 3.8) is 0 Å². The molecule has 168 valence electrons. The zero-order chi connectivity index (χ0) is 24.1. The number of carboxylic acids is 2.